The minimum absolute atomic E-state index is 0.159. The lowest BCUT2D eigenvalue weighted by molar-refractivity contribution is -0.387. The van der Waals surface area contributed by atoms with E-state index in [1.54, 1.807) is 17.4 Å². The van der Waals surface area contributed by atoms with Crippen LogP contribution in [-0.4, -0.2) is 18.1 Å². The minimum Gasteiger partial charge on any atom is -0.343 e. The number of nitro groups is 1. The monoisotopic (exact) mass is 335 g/mol. The predicted molar refractivity (Wildman–Crippen MR) is 83.4 cm³/mol. The van der Waals surface area contributed by atoms with Crippen LogP contribution in [0.3, 0.4) is 0 Å². The maximum Gasteiger partial charge on any atom is 0.283 e. The Morgan fingerprint density at radius 1 is 1.32 bits per heavy atom. The first-order chi connectivity index (χ1) is 10.7. The molecule has 2 aromatic rings. The summed E-state index contributed by atoms with van der Waals surface area (Å²) in [7, 11) is 0. The first-order valence-corrected chi connectivity index (χ1v) is 8.69. The van der Waals surface area contributed by atoms with Gasteiger partial charge < -0.3 is 9.47 Å². The molecule has 0 unspecified atom stereocenters. The van der Waals surface area contributed by atoms with Crippen molar-refractivity contribution in [1.29, 1.82) is 0 Å². The topological polar surface area (TPSA) is 61.6 Å². The lowest BCUT2D eigenvalue weighted by Crippen LogP contribution is -2.23. The first-order valence-electron chi connectivity index (χ1n) is 6.99. The van der Waals surface area contributed by atoms with Gasteiger partial charge in [0.25, 0.3) is 5.69 Å². The third kappa shape index (κ3) is 2.25. The Bertz CT molecular complexity index is 723. The van der Waals surface area contributed by atoms with E-state index in [4.69, 9.17) is 9.47 Å². The smallest absolute Gasteiger partial charge is 0.283 e. The number of hydrogen-bond acceptors (Lipinski definition) is 6. The Morgan fingerprint density at radius 3 is 2.82 bits per heavy atom. The SMILES string of the molecule is O=[N+]([O-])c1cc2c(cc1Sc1cccs1)C1(CC2)OCCO1. The van der Waals surface area contributed by atoms with Gasteiger partial charge in [-0.05, 0) is 29.5 Å². The summed E-state index contributed by atoms with van der Waals surface area (Å²) in [6.07, 6.45) is 1.48. The van der Waals surface area contributed by atoms with Crippen molar-refractivity contribution in [1.82, 2.24) is 0 Å². The number of aryl methyl sites for hydroxylation is 1. The molecule has 4 rings (SSSR count). The number of thiophene rings is 1. The van der Waals surface area contributed by atoms with Crippen LogP contribution in [0.15, 0.2) is 38.8 Å². The molecule has 0 saturated carbocycles. The zero-order valence-electron chi connectivity index (χ0n) is 11.6. The first kappa shape index (κ1) is 14.2. The highest BCUT2D eigenvalue weighted by Gasteiger charge is 2.45. The maximum atomic E-state index is 11.4. The van der Waals surface area contributed by atoms with Crippen LogP contribution in [0, 0.1) is 10.1 Å². The molecule has 1 aromatic carbocycles. The summed E-state index contributed by atoms with van der Waals surface area (Å²) in [4.78, 5) is 11.7. The zero-order valence-corrected chi connectivity index (χ0v) is 13.2. The van der Waals surface area contributed by atoms with E-state index in [2.05, 4.69) is 0 Å². The van der Waals surface area contributed by atoms with Gasteiger partial charge in [-0.15, -0.1) is 11.3 Å². The van der Waals surface area contributed by atoms with Crippen LogP contribution in [-0.2, 0) is 21.7 Å². The fraction of sp³-hybridized carbons (Fsp3) is 0.333. The van der Waals surface area contributed by atoms with Gasteiger partial charge in [-0.2, -0.15) is 0 Å². The predicted octanol–water partition coefficient (Wildman–Crippen LogP) is 3.95. The Hall–Kier alpha value is -1.41. The van der Waals surface area contributed by atoms with Gasteiger partial charge in [0.1, 0.15) is 0 Å². The third-order valence-corrected chi connectivity index (χ3v) is 6.06. The van der Waals surface area contributed by atoms with Crippen molar-refractivity contribution in [3.05, 3.63) is 50.9 Å². The summed E-state index contributed by atoms with van der Waals surface area (Å²) >= 11 is 3.00. The highest BCUT2D eigenvalue weighted by molar-refractivity contribution is 8.01. The highest BCUT2D eigenvalue weighted by Crippen LogP contribution is 2.48. The molecule has 0 amide bonds. The zero-order chi connectivity index (χ0) is 15.2. The van der Waals surface area contributed by atoms with Crippen LogP contribution in [0.1, 0.15) is 17.5 Å². The maximum absolute atomic E-state index is 11.4. The van der Waals surface area contributed by atoms with E-state index in [-0.39, 0.29) is 10.6 Å². The number of hydrogen-bond donors (Lipinski definition) is 0. The molecule has 1 aromatic heterocycles. The van der Waals surface area contributed by atoms with Gasteiger partial charge in [0.2, 0.25) is 0 Å². The molecular weight excluding hydrogens is 322 g/mol. The molecule has 0 N–H and O–H groups in total. The van der Waals surface area contributed by atoms with Crippen LogP contribution < -0.4 is 0 Å². The van der Waals surface area contributed by atoms with Crippen molar-refractivity contribution in [3.63, 3.8) is 0 Å². The molecule has 0 radical (unpaired) electrons. The largest absolute Gasteiger partial charge is 0.343 e. The van der Waals surface area contributed by atoms with Crippen LogP contribution in [0.5, 0.6) is 0 Å². The van der Waals surface area contributed by atoms with Gasteiger partial charge in [0, 0.05) is 18.1 Å². The lowest BCUT2D eigenvalue weighted by atomic mass is 10.1. The van der Waals surface area contributed by atoms with Crippen molar-refractivity contribution < 1.29 is 14.4 Å². The Morgan fingerprint density at radius 2 is 2.14 bits per heavy atom. The summed E-state index contributed by atoms with van der Waals surface area (Å²) in [5, 5.41) is 13.4. The Balaban J connectivity index is 1.80. The number of benzene rings is 1. The third-order valence-electron chi connectivity index (χ3n) is 3.97. The summed E-state index contributed by atoms with van der Waals surface area (Å²) in [6, 6.07) is 7.47. The molecule has 1 aliphatic carbocycles. The normalized spacial score (nSPS) is 18.7. The van der Waals surface area contributed by atoms with Gasteiger partial charge in [0.05, 0.1) is 27.2 Å². The molecule has 0 atom stereocenters. The molecule has 7 heteroatoms. The number of nitrogens with zero attached hydrogens (tertiary/aromatic N) is 1. The van der Waals surface area contributed by atoms with E-state index in [1.165, 1.54) is 11.8 Å². The fourth-order valence-electron chi connectivity index (χ4n) is 3.02. The lowest BCUT2D eigenvalue weighted by Gasteiger charge is -2.23. The van der Waals surface area contributed by atoms with E-state index in [9.17, 15) is 10.1 Å². The molecule has 1 spiro atoms. The molecule has 1 saturated heterocycles. The van der Waals surface area contributed by atoms with Crippen molar-refractivity contribution in [2.45, 2.75) is 27.7 Å². The van der Waals surface area contributed by atoms with E-state index < -0.39 is 5.79 Å². The van der Waals surface area contributed by atoms with Crippen LogP contribution in [0.4, 0.5) is 5.69 Å². The highest BCUT2D eigenvalue weighted by atomic mass is 32.2. The van der Waals surface area contributed by atoms with E-state index in [0.29, 0.717) is 18.1 Å². The minimum atomic E-state index is -0.685. The molecular formula is C15H13NO4S2. The van der Waals surface area contributed by atoms with Gasteiger partial charge in [-0.1, -0.05) is 17.8 Å². The van der Waals surface area contributed by atoms with Gasteiger partial charge >= 0.3 is 0 Å². The average Bonchev–Trinajstić information content (AvgIpc) is 3.23. The second-order valence-corrected chi connectivity index (χ2v) is 7.51. The van der Waals surface area contributed by atoms with Crippen LogP contribution >= 0.6 is 23.1 Å². The molecule has 5 nitrogen and oxygen atoms in total. The summed E-state index contributed by atoms with van der Waals surface area (Å²) in [5.74, 6) is -0.685. The molecule has 1 fully saturated rings. The molecule has 114 valence electrons. The summed E-state index contributed by atoms with van der Waals surface area (Å²) < 4.78 is 12.7. The van der Waals surface area contributed by atoms with Crippen LogP contribution in [0.2, 0.25) is 0 Å². The van der Waals surface area contributed by atoms with Crippen molar-refractivity contribution >= 4 is 28.8 Å². The number of rotatable bonds is 3. The second kappa shape index (κ2) is 5.34. The number of fused-ring (bicyclic) bond motifs is 2. The van der Waals surface area contributed by atoms with E-state index in [1.807, 2.05) is 23.6 Å². The molecule has 0 bridgehead atoms. The standard InChI is InChI=1S/C15H13NO4S2/c17-16(18)12-8-10-3-4-15(19-5-6-20-15)11(10)9-13(12)22-14-2-1-7-21-14/h1-2,7-9H,3-6H2. The second-order valence-electron chi connectivity index (χ2n) is 5.22. The summed E-state index contributed by atoms with van der Waals surface area (Å²) in [5.41, 5.74) is 2.07. The van der Waals surface area contributed by atoms with Gasteiger partial charge in [-0.3, -0.25) is 10.1 Å². The number of nitro benzene ring substituents is 1. The number of ether oxygens (including phenoxy) is 2. The van der Waals surface area contributed by atoms with Gasteiger partial charge in [-0.25, -0.2) is 0 Å². The molecule has 2 heterocycles. The van der Waals surface area contributed by atoms with Crippen molar-refractivity contribution in [3.8, 4) is 0 Å². The Kier molecular flexibility index (Phi) is 3.45. The van der Waals surface area contributed by atoms with Crippen LogP contribution in [0.25, 0.3) is 0 Å². The van der Waals surface area contributed by atoms with E-state index in [0.717, 1.165) is 28.2 Å². The quantitative estimate of drug-likeness (QED) is 0.628. The molecule has 22 heavy (non-hydrogen) atoms. The summed E-state index contributed by atoms with van der Waals surface area (Å²) in [6.45, 7) is 1.15. The van der Waals surface area contributed by atoms with Crippen molar-refractivity contribution in [2.24, 2.45) is 0 Å². The van der Waals surface area contributed by atoms with Gasteiger partial charge in [0.15, 0.2) is 5.79 Å². The molecule has 2 aliphatic rings. The molecule has 1 aliphatic heterocycles. The van der Waals surface area contributed by atoms with Crippen molar-refractivity contribution in [2.75, 3.05) is 13.2 Å². The Labute approximate surface area is 135 Å². The average molecular weight is 335 g/mol. The van der Waals surface area contributed by atoms with E-state index >= 15 is 0 Å². The fourth-order valence-corrected chi connectivity index (χ4v) is 4.87.